The fourth-order valence-electron chi connectivity index (χ4n) is 2.37. The van der Waals surface area contributed by atoms with Gasteiger partial charge >= 0.3 is 5.97 Å². The molecule has 1 atom stereocenters. The highest BCUT2D eigenvalue weighted by Gasteiger charge is 2.12. The molecule has 1 rings (SSSR count). The Balaban J connectivity index is 2.57. The summed E-state index contributed by atoms with van der Waals surface area (Å²) < 4.78 is 5.74. The van der Waals surface area contributed by atoms with E-state index in [0.29, 0.717) is 6.61 Å². The Kier molecular flexibility index (Phi) is 9.17. The van der Waals surface area contributed by atoms with E-state index >= 15 is 0 Å². The number of aliphatic carboxylic acids is 1. The predicted molar refractivity (Wildman–Crippen MR) is 103 cm³/mol. The average Bonchev–Trinajstić information content (AvgIpc) is 2.54. The SMILES string of the molecule is CC#CC(CC(=O)O)c1ccc(OC/C=C(/C)CCC=C(C)C)cc1. The van der Waals surface area contributed by atoms with Gasteiger partial charge in [0, 0.05) is 0 Å². The van der Waals surface area contributed by atoms with E-state index in [0.717, 1.165) is 24.2 Å². The lowest BCUT2D eigenvalue weighted by Crippen LogP contribution is -2.04. The van der Waals surface area contributed by atoms with Gasteiger partial charge in [0.2, 0.25) is 0 Å². The van der Waals surface area contributed by atoms with E-state index in [9.17, 15) is 4.79 Å². The molecule has 0 bridgehead atoms. The zero-order valence-electron chi connectivity index (χ0n) is 15.6. The molecule has 25 heavy (non-hydrogen) atoms. The number of carboxylic acid groups (broad SMARTS) is 1. The first-order valence-corrected chi connectivity index (χ1v) is 8.58. The number of hydrogen-bond donors (Lipinski definition) is 1. The summed E-state index contributed by atoms with van der Waals surface area (Å²) in [6, 6.07) is 7.51. The van der Waals surface area contributed by atoms with Gasteiger partial charge in [-0.15, -0.1) is 5.92 Å². The van der Waals surface area contributed by atoms with Crippen molar-refractivity contribution in [3.63, 3.8) is 0 Å². The van der Waals surface area contributed by atoms with Crippen LogP contribution >= 0.6 is 0 Å². The molecule has 3 nitrogen and oxygen atoms in total. The van der Waals surface area contributed by atoms with E-state index < -0.39 is 5.97 Å². The highest BCUT2D eigenvalue weighted by molar-refractivity contribution is 5.69. The number of ether oxygens (including phenoxy) is 1. The molecule has 0 radical (unpaired) electrons. The predicted octanol–water partition coefficient (Wildman–Crippen LogP) is 5.34. The number of hydrogen-bond acceptors (Lipinski definition) is 2. The molecular formula is C22H28O3. The summed E-state index contributed by atoms with van der Waals surface area (Å²) in [7, 11) is 0. The Morgan fingerprint density at radius 1 is 1.20 bits per heavy atom. The lowest BCUT2D eigenvalue weighted by molar-refractivity contribution is -0.137. The van der Waals surface area contributed by atoms with Gasteiger partial charge in [-0.1, -0.05) is 35.3 Å². The third kappa shape index (κ3) is 8.81. The van der Waals surface area contributed by atoms with E-state index in [1.54, 1.807) is 6.92 Å². The first-order chi connectivity index (χ1) is 11.9. The van der Waals surface area contributed by atoms with Crippen LogP contribution in [0.5, 0.6) is 5.75 Å². The standard InChI is InChI=1S/C22H28O3/c1-5-7-20(16-22(23)24)19-10-12-21(13-11-19)25-15-14-18(4)9-6-8-17(2)3/h8,10-14,20H,6,9,15-16H2,1-4H3,(H,23,24)/b18-14-. The van der Waals surface area contributed by atoms with Crippen LogP contribution in [0.4, 0.5) is 0 Å². The zero-order valence-corrected chi connectivity index (χ0v) is 15.6. The maximum atomic E-state index is 10.9. The summed E-state index contributed by atoms with van der Waals surface area (Å²) in [4.78, 5) is 10.9. The second-order valence-electron chi connectivity index (χ2n) is 6.30. The number of benzene rings is 1. The van der Waals surface area contributed by atoms with Gasteiger partial charge in [0.1, 0.15) is 12.4 Å². The second-order valence-corrected chi connectivity index (χ2v) is 6.30. The molecule has 1 aromatic rings. The van der Waals surface area contributed by atoms with Gasteiger partial charge < -0.3 is 9.84 Å². The first-order valence-electron chi connectivity index (χ1n) is 8.58. The van der Waals surface area contributed by atoms with Crippen molar-refractivity contribution in [1.29, 1.82) is 0 Å². The third-order valence-electron chi connectivity index (χ3n) is 3.75. The van der Waals surface area contributed by atoms with E-state index in [2.05, 4.69) is 44.8 Å². The van der Waals surface area contributed by atoms with Gasteiger partial charge in [0.05, 0.1) is 12.3 Å². The maximum Gasteiger partial charge on any atom is 0.304 e. The summed E-state index contributed by atoms with van der Waals surface area (Å²) in [5.41, 5.74) is 3.56. The van der Waals surface area contributed by atoms with Crippen LogP contribution in [0.3, 0.4) is 0 Å². The Morgan fingerprint density at radius 3 is 2.44 bits per heavy atom. The van der Waals surface area contributed by atoms with Crippen LogP contribution in [-0.2, 0) is 4.79 Å². The number of rotatable bonds is 9. The zero-order chi connectivity index (χ0) is 18.7. The first kappa shape index (κ1) is 20.6. The Morgan fingerprint density at radius 2 is 1.88 bits per heavy atom. The molecule has 0 amide bonds. The molecule has 0 aromatic heterocycles. The summed E-state index contributed by atoms with van der Waals surface area (Å²) in [5, 5.41) is 8.98. The Labute approximate surface area is 151 Å². The molecule has 134 valence electrons. The quantitative estimate of drug-likeness (QED) is 0.487. The molecule has 0 saturated heterocycles. The molecule has 0 aliphatic rings. The topological polar surface area (TPSA) is 46.5 Å². The fraction of sp³-hybridized carbons (Fsp3) is 0.409. The third-order valence-corrected chi connectivity index (χ3v) is 3.75. The molecule has 0 heterocycles. The normalized spacial score (nSPS) is 11.9. The van der Waals surface area contributed by atoms with Crippen molar-refractivity contribution in [1.82, 2.24) is 0 Å². The van der Waals surface area contributed by atoms with Crippen LogP contribution < -0.4 is 4.74 Å². The molecule has 0 saturated carbocycles. The van der Waals surface area contributed by atoms with Crippen molar-refractivity contribution in [3.05, 3.63) is 53.1 Å². The smallest absolute Gasteiger partial charge is 0.304 e. The second kappa shape index (κ2) is 11.1. The van der Waals surface area contributed by atoms with E-state index in [4.69, 9.17) is 9.84 Å². The summed E-state index contributed by atoms with van der Waals surface area (Å²) in [6.07, 6.45) is 6.45. The van der Waals surface area contributed by atoms with Gasteiger partial charge in [-0.3, -0.25) is 4.79 Å². The minimum Gasteiger partial charge on any atom is -0.490 e. The van der Waals surface area contributed by atoms with Crippen LogP contribution in [0.15, 0.2) is 47.6 Å². The van der Waals surface area contributed by atoms with Crippen LogP contribution in [0.1, 0.15) is 58.4 Å². The summed E-state index contributed by atoms with van der Waals surface area (Å²) in [6.45, 7) is 8.59. The average molecular weight is 340 g/mol. The van der Waals surface area contributed by atoms with Crippen LogP contribution in [0.2, 0.25) is 0 Å². The molecule has 0 fully saturated rings. The van der Waals surface area contributed by atoms with Crippen LogP contribution in [0, 0.1) is 11.8 Å². The Bertz CT molecular complexity index is 665. The largest absolute Gasteiger partial charge is 0.490 e. The van der Waals surface area contributed by atoms with Crippen molar-refractivity contribution >= 4 is 5.97 Å². The molecule has 1 N–H and O–H groups in total. The van der Waals surface area contributed by atoms with Gasteiger partial charge in [0.25, 0.3) is 0 Å². The van der Waals surface area contributed by atoms with Crippen molar-refractivity contribution < 1.29 is 14.6 Å². The van der Waals surface area contributed by atoms with E-state index in [1.807, 2.05) is 24.3 Å². The van der Waals surface area contributed by atoms with Crippen molar-refractivity contribution in [2.75, 3.05) is 6.61 Å². The molecule has 3 heteroatoms. The molecule has 1 unspecified atom stereocenters. The molecule has 1 aromatic carbocycles. The molecule has 0 spiro atoms. The van der Waals surface area contributed by atoms with E-state index in [1.165, 1.54) is 11.1 Å². The molecular weight excluding hydrogens is 312 g/mol. The summed E-state index contributed by atoms with van der Waals surface area (Å²) >= 11 is 0. The van der Waals surface area contributed by atoms with Crippen molar-refractivity contribution in [3.8, 4) is 17.6 Å². The van der Waals surface area contributed by atoms with Gasteiger partial charge in [-0.2, -0.15) is 0 Å². The number of allylic oxidation sites excluding steroid dienone is 3. The fourth-order valence-corrected chi connectivity index (χ4v) is 2.37. The lowest BCUT2D eigenvalue weighted by Gasteiger charge is -2.10. The maximum absolute atomic E-state index is 10.9. The Hall–Kier alpha value is -2.47. The molecule has 0 aliphatic carbocycles. The molecule has 0 aliphatic heterocycles. The number of carbonyl (C=O) groups is 1. The summed E-state index contributed by atoms with van der Waals surface area (Å²) in [5.74, 6) is 5.39. The van der Waals surface area contributed by atoms with Crippen LogP contribution in [-0.4, -0.2) is 17.7 Å². The van der Waals surface area contributed by atoms with Crippen molar-refractivity contribution in [2.45, 2.75) is 52.9 Å². The van der Waals surface area contributed by atoms with Gasteiger partial charge in [-0.05, 0) is 64.3 Å². The monoisotopic (exact) mass is 340 g/mol. The highest BCUT2D eigenvalue weighted by atomic mass is 16.5. The van der Waals surface area contributed by atoms with E-state index in [-0.39, 0.29) is 12.3 Å². The number of carboxylic acids is 1. The minimum absolute atomic E-state index is 0.00859. The van der Waals surface area contributed by atoms with Crippen LogP contribution in [0.25, 0.3) is 0 Å². The minimum atomic E-state index is -0.846. The van der Waals surface area contributed by atoms with Crippen molar-refractivity contribution in [2.24, 2.45) is 0 Å². The van der Waals surface area contributed by atoms with Gasteiger partial charge in [-0.25, -0.2) is 0 Å². The lowest BCUT2D eigenvalue weighted by atomic mass is 9.96. The highest BCUT2D eigenvalue weighted by Crippen LogP contribution is 2.22. The van der Waals surface area contributed by atoms with Gasteiger partial charge in [0.15, 0.2) is 0 Å².